The maximum absolute atomic E-state index is 4.65. The normalized spacial score (nSPS) is 11.6. The molecule has 0 aliphatic rings. The molecule has 5 nitrogen and oxygen atoms in total. The lowest BCUT2D eigenvalue weighted by Gasteiger charge is -2.10. The first-order valence-corrected chi connectivity index (χ1v) is 9.14. The second-order valence-corrected chi connectivity index (χ2v) is 6.53. The molecule has 0 fully saturated rings. The van der Waals surface area contributed by atoms with Gasteiger partial charge in [-0.1, -0.05) is 32.8 Å². The lowest BCUT2D eigenvalue weighted by Crippen LogP contribution is -2.38. The van der Waals surface area contributed by atoms with E-state index in [1.54, 1.807) is 0 Å². The standard InChI is InChI=1S/C19H31N5.HI/c1-4-20-19(21-12-7-5-9-16(2)3)22-13-11-17-15-24-14-8-6-10-18(24)23-17;/h6,8,10,14-16H,4-5,7,9,11-13H2,1-3H3,(H2,20,21,22);1H. The van der Waals surface area contributed by atoms with Crippen molar-refractivity contribution in [3.63, 3.8) is 0 Å². The van der Waals surface area contributed by atoms with E-state index >= 15 is 0 Å². The maximum atomic E-state index is 4.65. The number of fused-ring (bicyclic) bond motifs is 1. The zero-order valence-electron chi connectivity index (χ0n) is 15.7. The van der Waals surface area contributed by atoms with Gasteiger partial charge in [-0.25, -0.2) is 4.98 Å². The number of hydrogen-bond acceptors (Lipinski definition) is 2. The molecule has 6 heteroatoms. The van der Waals surface area contributed by atoms with Gasteiger partial charge >= 0.3 is 0 Å². The van der Waals surface area contributed by atoms with Gasteiger partial charge in [0.05, 0.1) is 5.69 Å². The first-order valence-electron chi connectivity index (χ1n) is 9.14. The Morgan fingerprint density at radius 2 is 2.08 bits per heavy atom. The molecule has 2 aromatic heterocycles. The predicted molar refractivity (Wildman–Crippen MR) is 117 cm³/mol. The molecule has 0 spiro atoms. The first kappa shape index (κ1) is 21.7. The Hall–Kier alpha value is -1.31. The van der Waals surface area contributed by atoms with Crippen LogP contribution in [0.5, 0.6) is 0 Å². The van der Waals surface area contributed by atoms with E-state index in [4.69, 9.17) is 0 Å². The molecular formula is C19H32IN5. The van der Waals surface area contributed by atoms with Crippen LogP contribution in [0, 0.1) is 5.92 Å². The Morgan fingerprint density at radius 3 is 2.80 bits per heavy atom. The third-order valence-electron chi connectivity index (χ3n) is 3.89. The van der Waals surface area contributed by atoms with Gasteiger partial charge < -0.3 is 15.0 Å². The van der Waals surface area contributed by atoms with Crippen molar-refractivity contribution in [1.29, 1.82) is 0 Å². The SMILES string of the molecule is CCNC(=NCCCCC(C)C)NCCc1cn2ccccc2n1.I. The minimum atomic E-state index is 0. The van der Waals surface area contributed by atoms with Crippen molar-refractivity contribution in [1.82, 2.24) is 20.0 Å². The Morgan fingerprint density at radius 1 is 1.24 bits per heavy atom. The lowest BCUT2D eigenvalue weighted by molar-refractivity contribution is 0.541. The summed E-state index contributed by atoms with van der Waals surface area (Å²) in [6.07, 6.45) is 8.70. The molecule has 0 aliphatic heterocycles. The van der Waals surface area contributed by atoms with Gasteiger partial charge in [0.2, 0.25) is 0 Å². The molecule has 0 amide bonds. The molecule has 0 atom stereocenters. The van der Waals surface area contributed by atoms with E-state index in [1.165, 1.54) is 12.8 Å². The van der Waals surface area contributed by atoms with Crippen LogP contribution >= 0.6 is 24.0 Å². The maximum Gasteiger partial charge on any atom is 0.191 e. The van der Waals surface area contributed by atoms with Crippen LogP contribution in [0.2, 0.25) is 0 Å². The van der Waals surface area contributed by atoms with Crippen molar-refractivity contribution in [3.8, 4) is 0 Å². The molecule has 2 N–H and O–H groups in total. The van der Waals surface area contributed by atoms with Gasteiger partial charge in [0.1, 0.15) is 5.65 Å². The van der Waals surface area contributed by atoms with Crippen molar-refractivity contribution in [2.45, 2.75) is 46.5 Å². The molecule has 0 bridgehead atoms. The molecule has 0 radical (unpaired) electrons. The summed E-state index contributed by atoms with van der Waals surface area (Å²) in [5, 5.41) is 6.71. The Kier molecular flexibility index (Phi) is 10.5. The number of aromatic nitrogens is 2. The Balaban J connectivity index is 0.00000312. The second kappa shape index (κ2) is 12.1. The molecule has 0 unspecified atom stereocenters. The van der Waals surface area contributed by atoms with E-state index in [9.17, 15) is 0 Å². The van der Waals surface area contributed by atoms with Gasteiger partial charge in [-0.3, -0.25) is 4.99 Å². The lowest BCUT2D eigenvalue weighted by atomic mass is 10.1. The molecular weight excluding hydrogens is 425 g/mol. The van der Waals surface area contributed by atoms with Crippen LogP contribution in [0.3, 0.4) is 0 Å². The van der Waals surface area contributed by atoms with Crippen molar-refractivity contribution in [3.05, 3.63) is 36.3 Å². The van der Waals surface area contributed by atoms with E-state index in [1.807, 2.05) is 24.4 Å². The fourth-order valence-corrected chi connectivity index (χ4v) is 2.61. The number of nitrogens with one attached hydrogen (secondary N) is 2. The minimum Gasteiger partial charge on any atom is -0.357 e. The number of imidazole rings is 1. The molecule has 2 rings (SSSR count). The third-order valence-corrected chi connectivity index (χ3v) is 3.89. The van der Waals surface area contributed by atoms with Crippen molar-refractivity contribution in [2.75, 3.05) is 19.6 Å². The van der Waals surface area contributed by atoms with Crippen LogP contribution in [0.4, 0.5) is 0 Å². The van der Waals surface area contributed by atoms with Crippen LogP contribution in [-0.4, -0.2) is 35.0 Å². The largest absolute Gasteiger partial charge is 0.357 e. The highest BCUT2D eigenvalue weighted by Gasteiger charge is 2.02. The molecule has 2 aromatic rings. The molecule has 140 valence electrons. The highest BCUT2D eigenvalue weighted by Crippen LogP contribution is 2.06. The van der Waals surface area contributed by atoms with Gasteiger partial charge in [-0.2, -0.15) is 0 Å². The summed E-state index contributed by atoms with van der Waals surface area (Å²) in [7, 11) is 0. The number of halogens is 1. The van der Waals surface area contributed by atoms with Crippen molar-refractivity contribution >= 4 is 35.6 Å². The zero-order chi connectivity index (χ0) is 17.2. The first-order chi connectivity index (χ1) is 11.7. The smallest absolute Gasteiger partial charge is 0.191 e. The fourth-order valence-electron chi connectivity index (χ4n) is 2.61. The number of nitrogens with zero attached hydrogens (tertiary/aromatic N) is 3. The summed E-state index contributed by atoms with van der Waals surface area (Å²) in [5.74, 6) is 1.69. The van der Waals surface area contributed by atoms with E-state index < -0.39 is 0 Å². The molecule has 25 heavy (non-hydrogen) atoms. The summed E-state index contributed by atoms with van der Waals surface area (Å²) in [6, 6.07) is 6.06. The van der Waals surface area contributed by atoms with Gasteiger partial charge in [-0.15, -0.1) is 24.0 Å². The quantitative estimate of drug-likeness (QED) is 0.260. The van der Waals surface area contributed by atoms with Crippen molar-refractivity contribution < 1.29 is 0 Å². The highest BCUT2D eigenvalue weighted by molar-refractivity contribution is 14.0. The van der Waals surface area contributed by atoms with Crippen LogP contribution in [0.25, 0.3) is 5.65 Å². The number of rotatable bonds is 9. The fraction of sp³-hybridized carbons (Fsp3) is 0.579. The number of pyridine rings is 1. The summed E-state index contributed by atoms with van der Waals surface area (Å²) in [6.45, 7) is 9.24. The van der Waals surface area contributed by atoms with Crippen LogP contribution in [0.15, 0.2) is 35.6 Å². The summed E-state index contributed by atoms with van der Waals surface area (Å²) in [5.41, 5.74) is 2.10. The monoisotopic (exact) mass is 457 g/mol. The molecule has 0 aromatic carbocycles. The van der Waals surface area contributed by atoms with Crippen LogP contribution in [-0.2, 0) is 6.42 Å². The van der Waals surface area contributed by atoms with E-state index in [0.717, 1.165) is 55.7 Å². The van der Waals surface area contributed by atoms with E-state index in [-0.39, 0.29) is 24.0 Å². The van der Waals surface area contributed by atoms with Crippen molar-refractivity contribution in [2.24, 2.45) is 10.9 Å². The molecule has 0 saturated carbocycles. The summed E-state index contributed by atoms with van der Waals surface area (Å²) >= 11 is 0. The summed E-state index contributed by atoms with van der Waals surface area (Å²) in [4.78, 5) is 9.27. The third kappa shape index (κ3) is 8.07. The molecule has 0 saturated heterocycles. The van der Waals surface area contributed by atoms with Gasteiger partial charge in [0, 0.05) is 38.4 Å². The predicted octanol–water partition coefficient (Wildman–Crippen LogP) is 3.88. The van der Waals surface area contributed by atoms with Gasteiger partial charge in [0.25, 0.3) is 0 Å². The topological polar surface area (TPSA) is 53.7 Å². The van der Waals surface area contributed by atoms with E-state index in [0.29, 0.717) is 0 Å². The highest BCUT2D eigenvalue weighted by atomic mass is 127. The number of hydrogen-bond donors (Lipinski definition) is 2. The van der Waals surface area contributed by atoms with Crippen LogP contribution in [0.1, 0.15) is 45.7 Å². The zero-order valence-corrected chi connectivity index (χ0v) is 18.0. The van der Waals surface area contributed by atoms with Gasteiger partial charge in [-0.05, 0) is 31.4 Å². The summed E-state index contributed by atoms with van der Waals surface area (Å²) < 4.78 is 2.06. The average Bonchev–Trinajstić information content (AvgIpc) is 2.97. The average molecular weight is 457 g/mol. The van der Waals surface area contributed by atoms with Gasteiger partial charge in [0.15, 0.2) is 5.96 Å². The van der Waals surface area contributed by atoms with E-state index in [2.05, 4.69) is 52.0 Å². The van der Waals surface area contributed by atoms with Crippen LogP contribution < -0.4 is 10.6 Å². The number of aliphatic imine (C=N–C) groups is 1. The number of unbranched alkanes of at least 4 members (excludes halogenated alkanes) is 1. The second-order valence-electron chi connectivity index (χ2n) is 6.53. The number of guanidine groups is 1. The molecule has 0 aliphatic carbocycles. The minimum absolute atomic E-state index is 0. The molecule has 2 heterocycles. The Labute approximate surface area is 168 Å². The Bertz CT molecular complexity index is 603.